The van der Waals surface area contributed by atoms with Crippen LogP contribution in [0.3, 0.4) is 0 Å². The number of ether oxygens (including phenoxy) is 3. The van der Waals surface area contributed by atoms with Crippen LogP contribution in [0.4, 0.5) is 22.0 Å². The Morgan fingerprint density at radius 3 is 2.44 bits per heavy atom. The van der Waals surface area contributed by atoms with Crippen LogP contribution < -0.4 is 15.4 Å². The number of amides is 2. The fourth-order valence-electron chi connectivity index (χ4n) is 3.78. The molecule has 3 aromatic rings. The molecule has 2 amide bonds. The van der Waals surface area contributed by atoms with Gasteiger partial charge in [0.05, 0.1) is 37.1 Å². The third-order valence-electron chi connectivity index (χ3n) is 5.66. The summed E-state index contributed by atoms with van der Waals surface area (Å²) in [5.41, 5.74) is 0.614. The molecule has 2 N–H and O–H groups in total. The number of nitrogens with zero attached hydrogens (tertiary/aromatic N) is 6. The molecule has 0 atom stereocenters. The number of rotatable bonds is 7. The number of hydrogen-bond donors (Lipinski definition) is 2. The van der Waals surface area contributed by atoms with Gasteiger partial charge in [-0.25, -0.2) is 14.6 Å². The van der Waals surface area contributed by atoms with Gasteiger partial charge in [-0.1, -0.05) is 6.07 Å². The van der Waals surface area contributed by atoms with Crippen molar-refractivity contribution in [2.24, 2.45) is 13.0 Å². The number of methoxy groups -OCH3 is 2. The fourth-order valence-corrected chi connectivity index (χ4v) is 3.78. The van der Waals surface area contributed by atoms with Crippen molar-refractivity contribution in [3.05, 3.63) is 36.3 Å². The first-order valence-corrected chi connectivity index (χ1v) is 12.0. The van der Waals surface area contributed by atoms with Gasteiger partial charge in [-0.3, -0.25) is 9.48 Å². The summed E-state index contributed by atoms with van der Waals surface area (Å²) in [6.07, 6.45) is 1.10. The van der Waals surface area contributed by atoms with Gasteiger partial charge >= 0.3 is 12.1 Å². The van der Waals surface area contributed by atoms with E-state index in [1.165, 1.54) is 25.2 Å². The van der Waals surface area contributed by atoms with Crippen molar-refractivity contribution in [1.29, 1.82) is 0 Å². The molecule has 3 heterocycles. The van der Waals surface area contributed by atoms with Crippen LogP contribution >= 0.6 is 0 Å². The summed E-state index contributed by atoms with van der Waals surface area (Å²) < 4.78 is 17.4. The summed E-state index contributed by atoms with van der Waals surface area (Å²) in [7, 11) is 4.49. The van der Waals surface area contributed by atoms with Gasteiger partial charge in [-0.05, 0) is 32.9 Å². The molecule has 14 nitrogen and oxygen atoms in total. The molecule has 1 aliphatic heterocycles. The van der Waals surface area contributed by atoms with Crippen LogP contribution in [0.2, 0.25) is 0 Å². The van der Waals surface area contributed by atoms with E-state index in [0.717, 1.165) is 0 Å². The summed E-state index contributed by atoms with van der Waals surface area (Å²) >= 11 is 0. The van der Waals surface area contributed by atoms with Crippen LogP contribution in [0.5, 0.6) is 5.75 Å². The van der Waals surface area contributed by atoms with Crippen LogP contribution in [0, 0.1) is 5.92 Å². The first kappa shape index (κ1) is 27.3. The maximum atomic E-state index is 12.8. The topological polar surface area (TPSA) is 163 Å². The Hall–Kier alpha value is -4.75. The number of para-hydroxylation sites is 1. The number of carbonyl (C=O) groups is 3. The average Bonchev–Trinajstić information content (AvgIpc) is 3.27. The van der Waals surface area contributed by atoms with E-state index in [2.05, 4.69) is 30.9 Å². The van der Waals surface area contributed by atoms with Crippen molar-refractivity contribution in [3.8, 4) is 17.1 Å². The van der Waals surface area contributed by atoms with E-state index in [1.807, 2.05) is 0 Å². The second kappa shape index (κ2) is 10.9. The van der Waals surface area contributed by atoms with Crippen molar-refractivity contribution in [2.45, 2.75) is 26.4 Å². The molecule has 0 bridgehead atoms. The maximum Gasteiger partial charge on any atom is 0.410 e. The maximum absolute atomic E-state index is 12.8. The molecule has 0 unspecified atom stereocenters. The highest BCUT2D eigenvalue weighted by Crippen LogP contribution is 2.37. The minimum atomic E-state index is -0.726. The van der Waals surface area contributed by atoms with Crippen LogP contribution in [-0.2, 0) is 21.3 Å². The molecular weight excluding hydrogens is 508 g/mol. The second-order valence-electron chi connectivity index (χ2n) is 9.81. The van der Waals surface area contributed by atoms with E-state index in [-0.39, 0.29) is 36.2 Å². The van der Waals surface area contributed by atoms with E-state index in [0.29, 0.717) is 22.8 Å². The molecule has 206 valence electrons. The van der Waals surface area contributed by atoms with Gasteiger partial charge in [-0.2, -0.15) is 5.10 Å². The minimum Gasteiger partial charge on any atom is -0.494 e. The molecule has 4 rings (SSSR count). The smallest absolute Gasteiger partial charge is 0.410 e. The zero-order valence-electron chi connectivity index (χ0n) is 22.5. The Morgan fingerprint density at radius 2 is 1.82 bits per heavy atom. The predicted octanol–water partition coefficient (Wildman–Crippen LogP) is 2.62. The number of anilines is 3. The lowest BCUT2D eigenvalue weighted by molar-refractivity contribution is -0.124. The summed E-state index contributed by atoms with van der Waals surface area (Å²) in [4.78, 5) is 43.1. The van der Waals surface area contributed by atoms with Crippen LogP contribution in [0.15, 0.2) is 30.6 Å². The van der Waals surface area contributed by atoms with Gasteiger partial charge in [0, 0.05) is 26.2 Å². The average molecular weight is 539 g/mol. The Labute approximate surface area is 224 Å². The molecule has 39 heavy (non-hydrogen) atoms. The Bertz CT molecular complexity index is 1390. The molecule has 0 saturated carbocycles. The molecule has 0 aliphatic carbocycles. The van der Waals surface area contributed by atoms with Gasteiger partial charge in [0.15, 0.2) is 23.1 Å². The molecule has 1 aromatic carbocycles. The molecular formula is C25H30N8O6. The standard InChI is InChI=1S/C25H30N8O6/c1-25(2,3)39-24(36)33-11-14(12-33)22(34)28-18-10-17(19(30-29-18)23(35)38-6)27-16-9-7-8-15(20(16)37-5)21-26-13-32(4)31-21/h7-10,13-14H,11-12H2,1-6H3,(H2,27,28,29,34). The third-order valence-corrected chi connectivity index (χ3v) is 5.66. The number of hydrogen-bond acceptors (Lipinski definition) is 11. The highest BCUT2D eigenvalue weighted by molar-refractivity contribution is 5.97. The van der Waals surface area contributed by atoms with Gasteiger partial charge in [0.25, 0.3) is 0 Å². The first-order valence-electron chi connectivity index (χ1n) is 12.0. The quantitative estimate of drug-likeness (QED) is 0.425. The largest absolute Gasteiger partial charge is 0.494 e. The van der Waals surface area contributed by atoms with Crippen LogP contribution in [0.1, 0.15) is 31.3 Å². The zero-order chi connectivity index (χ0) is 28.3. The van der Waals surface area contributed by atoms with E-state index < -0.39 is 23.6 Å². The number of esters is 1. The number of carbonyl (C=O) groups excluding carboxylic acids is 3. The predicted molar refractivity (Wildman–Crippen MR) is 140 cm³/mol. The van der Waals surface area contributed by atoms with E-state index in [9.17, 15) is 14.4 Å². The molecule has 14 heteroatoms. The number of aromatic nitrogens is 5. The van der Waals surface area contributed by atoms with E-state index in [4.69, 9.17) is 14.2 Å². The first-order chi connectivity index (χ1) is 18.5. The number of nitrogens with one attached hydrogen (secondary N) is 2. The molecule has 1 saturated heterocycles. The van der Waals surface area contributed by atoms with Crippen molar-refractivity contribution in [3.63, 3.8) is 0 Å². The van der Waals surface area contributed by atoms with Crippen molar-refractivity contribution in [2.75, 3.05) is 37.9 Å². The van der Waals surface area contributed by atoms with E-state index in [1.54, 1.807) is 57.0 Å². The number of aryl methyl sites for hydroxylation is 1. The Kier molecular flexibility index (Phi) is 7.65. The van der Waals surface area contributed by atoms with Crippen LogP contribution in [0.25, 0.3) is 11.4 Å². The Balaban J connectivity index is 1.54. The van der Waals surface area contributed by atoms with Gasteiger partial charge in [-0.15, -0.1) is 10.2 Å². The molecule has 2 aromatic heterocycles. The molecule has 0 spiro atoms. The summed E-state index contributed by atoms with van der Waals surface area (Å²) in [6, 6.07) is 6.78. The fraction of sp³-hybridized carbons (Fsp3) is 0.400. The van der Waals surface area contributed by atoms with Gasteiger partial charge < -0.3 is 29.7 Å². The minimum absolute atomic E-state index is 0.0985. The summed E-state index contributed by atoms with van der Waals surface area (Å²) in [5.74, 6) is -0.532. The van der Waals surface area contributed by atoms with Crippen molar-refractivity contribution >= 4 is 35.2 Å². The second-order valence-corrected chi connectivity index (χ2v) is 9.81. The monoisotopic (exact) mass is 538 g/mol. The van der Waals surface area contributed by atoms with E-state index >= 15 is 0 Å². The molecule has 1 fully saturated rings. The lowest BCUT2D eigenvalue weighted by atomic mass is 10.00. The highest BCUT2D eigenvalue weighted by Gasteiger charge is 2.38. The highest BCUT2D eigenvalue weighted by atomic mass is 16.6. The number of likely N-dealkylation sites (tertiary alicyclic amines) is 1. The third kappa shape index (κ3) is 6.22. The van der Waals surface area contributed by atoms with Crippen LogP contribution in [-0.4, -0.2) is 80.7 Å². The summed E-state index contributed by atoms with van der Waals surface area (Å²) in [5, 5.41) is 18.1. The lowest BCUT2D eigenvalue weighted by Gasteiger charge is -2.38. The van der Waals surface area contributed by atoms with Gasteiger partial charge in [0.1, 0.15) is 11.9 Å². The number of benzene rings is 1. The van der Waals surface area contributed by atoms with Gasteiger partial charge in [0.2, 0.25) is 5.91 Å². The zero-order valence-corrected chi connectivity index (χ0v) is 22.5. The summed E-state index contributed by atoms with van der Waals surface area (Å²) in [6.45, 7) is 5.76. The van der Waals surface area contributed by atoms with Crippen molar-refractivity contribution < 1.29 is 28.6 Å². The lowest BCUT2D eigenvalue weighted by Crippen LogP contribution is -2.55. The normalized spacial score (nSPS) is 13.3. The molecule has 0 radical (unpaired) electrons. The molecule has 1 aliphatic rings. The van der Waals surface area contributed by atoms with Crippen molar-refractivity contribution in [1.82, 2.24) is 29.9 Å². The Morgan fingerprint density at radius 1 is 1.08 bits per heavy atom. The SMILES string of the molecule is COC(=O)c1nnc(NC(=O)C2CN(C(=O)OC(C)(C)C)C2)cc1Nc1cccc(-c2ncn(C)n2)c1OC.